The van der Waals surface area contributed by atoms with Gasteiger partial charge < -0.3 is 4.42 Å². The van der Waals surface area contributed by atoms with E-state index in [0.717, 1.165) is 10.6 Å². The maximum absolute atomic E-state index is 12.6. The molecule has 0 atom stereocenters. The molecule has 0 spiro atoms. The highest BCUT2D eigenvalue weighted by Crippen LogP contribution is 2.33. The van der Waals surface area contributed by atoms with Gasteiger partial charge in [0.1, 0.15) is 0 Å². The molecule has 1 heterocycles. The molecule has 3 aromatic rings. The summed E-state index contributed by atoms with van der Waals surface area (Å²) in [5.41, 5.74) is 1.85. The fourth-order valence-corrected chi connectivity index (χ4v) is 2.94. The number of thioether (sulfide) groups is 1. The molecule has 0 radical (unpaired) electrons. The number of halogens is 2. The highest BCUT2D eigenvalue weighted by molar-refractivity contribution is 7.98. The van der Waals surface area contributed by atoms with Gasteiger partial charge in [0.15, 0.2) is 0 Å². The van der Waals surface area contributed by atoms with Crippen molar-refractivity contribution in [2.75, 3.05) is 0 Å². The number of nitrogens with zero attached hydrogens (tertiary/aromatic N) is 2. The number of hydrogen-bond acceptors (Lipinski definition) is 4. The van der Waals surface area contributed by atoms with E-state index in [1.165, 1.54) is 5.56 Å². The molecular formula is C16H12F2N2OS. The Hall–Kier alpha value is -2.21. The number of hydrogen-bond donors (Lipinski definition) is 0. The number of aromatic nitrogens is 2. The number of alkyl halides is 2. The fraction of sp³-hybridized carbons (Fsp3) is 0.125. The summed E-state index contributed by atoms with van der Waals surface area (Å²) < 4.78 is 30.2. The Kier molecular flexibility index (Phi) is 4.48. The first kappa shape index (κ1) is 14.7. The van der Waals surface area contributed by atoms with Crippen molar-refractivity contribution in [3.63, 3.8) is 0 Å². The van der Waals surface area contributed by atoms with Crippen LogP contribution in [-0.2, 0) is 5.75 Å². The smallest absolute Gasteiger partial charge is 0.314 e. The standard InChI is InChI=1S/C16H12F2N2OS/c17-14(18)16-20-19-15(21-16)12-8-4-5-9-13(12)22-10-11-6-2-1-3-7-11/h1-9,14H,10H2. The summed E-state index contributed by atoms with van der Waals surface area (Å²) in [4.78, 5) is 0.913. The van der Waals surface area contributed by atoms with Crippen LogP contribution < -0.4 is 0 Å². The van der Waals surface area contributed by atoms with Gasteiger partial charge >= 0.3 is 6.43 Å². The van der Waals surface area contributed by atoms with Crippen molar-refractivity contribution in [2.24, 2.45) is 0 Å². The number of rotatable bonds is 5. The summed E-state index contributed by atoms with van der Waals surface area (Å²) in [5.74, 6) is 0.234. The van der Waals surface area contributed by atoms with Gasteiger partial charge in [-0.1, -0.05) is 42.5 Å². The third-order valence-electron chi connectivity index (χ3n) is 2.98. The van der Waals surface area contributed by atoms with Crippen molar-refractivity contribution in [2.45, 2.75) is 17.1 Å². The normalized spacial score (nSPS) is 11.0. The molecule has 0 fully saturated rings. The van der Waals surface area contributed by atoms with Crippen LogP contribution >= 0.6 is 11.8 Å². The van der Waals surface area contributed by atoms with Crippen molar-refractivity contribution >= 4 is 11.8 Å². The van der Waals surface area contributed by atoms with Crippen LogP contribution in [0.4, 0.5) is 8.78 Å². The van der Waals surface area contributed by atoms with E-state index < -0.39 is 12.3 Å². The molecule has 2 aromatic carbocycles. The zero-order chi connectivity index (χ0) is 15.4. The lowest BCUT2D eigenvalue weighted by Crippen LogP contribution is -1.84. The Morgan fingerprint density at radius 1 is 0.955 bits per heavy atom. The van der Waals surface area contributed by atoms with E-state index in [4.69, 9.17) is 4.42 Å². The monoisotopic (exact) mass is 318 g/mol. The third kappa shape index (κ3) is 3.33. The van der Waals surface area contributed by atoms with Crippen molar-refractivity contribution in [3.05, 3.63) is 66.1 Å². The van der Waals surface area contributed by atoms with Crippen molar-refractivity contribution in [1.82, 2.24) is 10.2 Å². The molecule has 112 valence electrons. The van der Waals surface area contributed by atoms with E-state index in [2.05, 4.69) is 10.2 Å². The van der Waals surface area contributed by atoms with Crippen LogP contribution in [0, 0.1) is 0 Å². The molecule has 0 aliphatic heterocycles. The summed E-state index contributed by atoms with van der Waals surface area (Å²) in [5, 5.41) is 7.09. The lowest BCUT2D eigenvalue weighted by atomic mass is 10.2. The SMILES string of the molecule is FC(F)c1nnc(-c2ccccc2SCc2ccccc2)o1. The van der Waals surface area contributed by atoms with Crippen LogP contribution in [0.1, 0.15) is 17.9 Å². The molecule has 0 amide bonds. The molecule has 3 nitrogen and oxygen atoms in total. The second kappa shape index (κ2) is 6.70. The first-order valence-electron chi connectivity index (χ1n) is 6.61. The topological polar surface area (TPSA) is 38.9 Å². The predicted octanol–water partition coefficient (Wildman–Crippen LogP) is 4.97. The Morgan fingerprint density at radius 2 is 1.68 bits per heavy atom. The summed E-state index contributed by atoms with van der Waals surface area (Å²) in [6.07, 6.45) is -2.76. The molecule has 0 aliphatic carbocycles. The van der Waals surface area contributed by atoms with Crippen LogP contribution in [0.2, 0.25) is 0 Å². The van der Waals surface area contributed by atoms with Gasteiger partial charge in [0.2, 0.25) is 5.89 Å². The lowest BCUT2D eigenvalue weighted by Gasteiger charge is -2.06. The van der Waals surface area contributed by atoms with E-state index in [0.29, 0.717) is 5.56 Å². The molecule has 1 aromatic heterocycles. The minimum Gasteiger partial charge on any atom is -0.415 e. The Balaban J connectivity index is 1.83. The molecule has 0 N–H and O–H groups in total. The van der Waals surface area contributed by atoms with E-state index >= 15 is 0 Å². The zero-order valence-corrected chi connectivity index (χ0v) is 12.3. The van der Waals surface area contributed by atoms with Gasteiger partial charge in [-0.25, -0.2) is 0 Å². The van der Waals surface area contributed by atoms with Gasteiger partial charge in [-0.15, -0.1) is 22.0 Å². The van der Waals surface area contributed by atoms with Crippen LogP contribution in [0.3, 0.4) is 0 Å². The Labute approximate surface area is 130 Å². The second-order valence-corrected chi connectivity index (χ2v) is 5.53. The predicted molar refractivity (Wildman–Crippen MR) is 80.7 cm³/mol. The third-order valence-corrected chi connectivity index (χ3v) is 4.13. The quantitative estimate of drug-likeness (QED) is 0.623. The number of benzene rings is 2. The van der Waals surface area contributed by atoms with Crippen LogP contribution in [0.15, 0.2) is 63.9 Å². The molecule has 0 unspecified atom stereocenters. The molecule has 3 rings (SSSR count). The molecule has 6 heteroatoms. The maximum atomic E-state index is 12.6. The highest BCUT2D eigenvalue weighted by atomic mass is 32.2. The van der Waals surface area contributed by atoms with E-state index in [1.807, 2.05) is 48.5 Å². The summed E-state index contributed by atoms with van der Waals surface area (Å²) in [6.45, 7) is 0. The average molecular weight is 318 g/mol. The van der Waals surface area contributed by atoms with Gasteiger partial charge in [-0.05, 0) is 17.7 Å². The van der Waals surface area contributed by atoms with Gasteiger partial charge in [-0.3, -0.25) is 0 Å². The van der Waals surface area contributed by atoms with Gasteiger partial charge in [0, 0.05) is 10.6 Å². The molecule has 22 heavy (non-hydrogen) atoms. The van der Waals surface area contributed by atoms with E-state index in [-0.39, 0.29) is 5.89 Å². The van der Waals surface area contributed by atoms with E-state index in [9.17, 15) is 8.78 Å². The summed E-state index contributed by atoms with van der Waals surface area (Å²) in [7, 11) is 0. The minimum atomic E-state index is -2.76. The van der Waals surface area contributed by atoms with Crippen molar-refractivity contribution in [3.8, 4) is 11.5 Å². The Bertz CT molecular complexity index is 747. The Morgan fingerprint density at radius 3 is 2.41 bits per heavy atom. The summed E-state index contributed by atoms with van der Waals surface area (Å²) >= 11 is 1.60. The average Bonchev–Trinajstić information content (AvgIpc) is 3.04. The van der Waals surface area contributed by atoms with E-state index in [1.54, 1.807) is 17.8 Å². The molecule has 0 saturated carbocycles. The summed E-state index contributed by atoms with van der Waals surface area (Å²) in [6, 6.07) is 17.4. The largest absolute Gasteiger partial charge is 0.415 e. The molecule has 0 saturated heterocycles. The highest BCUT2D eigenvalue weighted by Gasteiger charge is 2.18. The van der Waals surface area contributed by atoms with Crippen molar-refractivity contribution < 1.29 is 13.2 Å². The molecule has 0 aliphatic rings. The van der Waals surface area contributed by atoms with Crippen LogP contribution in [0.5, 0.6) is 0 Å². The van der Waals surface area contributed by atoms with Gasteiger partial charge in [-0.2, -0.15) is 8.78 Å². The lowest BCUT2D eigenvalue weighted by molar-refractivity contribution is 0.116. The van der Waals surface area contributed by atoms with Crippen LogP contribution in [0.25, 0.3) is 11.5 Å². The fourth-order valence-electron chi connectivity index (χ4n) is 1.94. The van der Waals surface area contributed by atoms with Crippen molar-refractivity contribution in [1.29, 1.82) is 0 Å². The zero-order valence-electron chi connectivity index (χ0n) is 11.4. The second-order valence-electron chi connectivity index (χ2n) is 4.52. The van der Waals surface area contributed by atoms with Gasteiger partial charge in [0.05, 0.1) is 5.56 Å². The van der Waals surface area contributed by atoms with Gasteiger partial charge in [0.25, 0.3) is 5.89 Å². The first-order chi connectivity index (χ1) is 10.7. The first-order valence-corrected chi connectivity index (χ1v) is 7.60. The molecule has 0 bridgehead atoms. The van der Waals surface area contributed by atoms with Crippen LogP contribution in [-0.4, -0.2) is 10.2 Å². The minimum absolute atomic E-state index is 0.117. The molecular weight excluding hydrogens is 306 g/mol. The maximum Gasteiger partial charge on any atom is 0.314 e.